The van der Waals surface area contributed by atoms with Crippen molar-refractivity contribution in [1.29, 1.82) is 0 Å². The third kappa shape index (κ3) is 4.22. The average molecular weight is 353 g/mol. The van der Waals surface area contributed by atoms with Crippen LogP contribution in [0.25, 0.3) is 11.1 Å². The zero-order chi connectivity index (χ0) is 16.1. The predicted octanol–water partition coefficient (Wildman–Crippen LogP) is 4.80. The lowest BCUT2D eigenvalue weighted by molar-refractivity contribution is -0.136. The maximum absolute atomic E-state index is 11.4. The molecule has 2 aromatic carbocycles. The Morgan fingerprint density at radius 3 is 2.09 bits per heavy atom. The third-order valence-electron chi connectivity index (χ3n) is 3.00. The number of hydrogen-bond acceptors (Lipinski definition) is 4. The largest absolute Gasteiger partial charge is 0.482 e. The topological polar surface area (TPSA) is 46.5 Å². The van der Waals surface area contributed by atoms with E-state index in [1.165, 1.54) is 7.11 Å². The molecule has 1 N–H and O–H groups in total. The Labute approximate surface area is 143 Å². The van der Waals surface area contributed by atoms with Crippen LogP contribution in [-0.4, -0.2) is 22.6 Å². The number of methoxy groups -OCH3 is 1. The molecule has 114 valence electrons. The second kappa shape index (κ2) is 7.63. The first kappa shape index (κ1) is 16.8. The second-order valence-corrected chi connectivity index (χ2v) is 6.56. The first-order chi connectivity index (χ1) is 10.5. The van der Waals surface area contributed by atoms with Gasteiger partial charge in [-0.2, -0.15) is 0 Å². The highest BCUT2D eigenvalue weighted by molar-refractivity contribution is 8.23. The smallest absolute Gasteiger partial charge is 0.321 e. The standard InChI is InChI=1S/C16H13ClO3S2/c1-20-16(21)22-14(15(18)19)12-4-2-10(3-5-12)11-6-8-13(17)9-7-11/h2-9,14H,1H3,(H,18,19). The van der Waals surface area contributed by atoms with Crippen molar-refractivity contribution in [1.82, 2.24) is 0 Å². The van der Waals surface area contributed by atoms with Crippen molar-refractivity contribution >= 4 is 45.9 Å². The number of ether oxygens (including phenoxy) is 1. The lowest BCUT2D eigenvalue weighted by Gasteiger charge is -2.13. The Morgan fingerprint density at radius 1 is 1.14 bits per heavy atom. The summed E-state index contributed by atoms with van der Waals surface area (Å²) in [5.41, 5.74) is 2.67. The predicted molar refractivity (Wildman–Crippen MR) is 94.5 cm³/mol. The normalized spacial score (nSPS) is 11.7. The monoisotopic (exact) mass is 352 g/mol. The highest BCUT2D eigenvalue weighted by atomic mass is 35.5. The van der Waals surface area contributed by atoms with Crippen molar-refractivity contribution < 1.29 is 14.6 Å². The fourth-order valence-electron chi connectivity index (χ4n) is 1.90. The molecule has 0 amide bonds. The van der Waals surface area contributed by atoms with Crippen molar-refractivity contribution in [2.24, 2.45) is 0 Å². The van der Waals surface area contributed by atoms with Gasteiger partial charge in [-0.05, 0) is 41.0 Å². The minimum absolute atomic E-state index is 0.203. The van der Waals surface area contributed by atoms with Crippen LogP contribution in [0, 0.1) is 0 Å². The maximum Gasteiger partial charge on any atom is 0.321 e. The molecule has 6 heteroatoms. The van der Waals surface area contributed by atoms with Crippen LogP contribution in [0.1, 0.15) is 10.8 Å². The number of benzene rings is 2. The Morgan fingerprint density at radius 2 is 1.64 bits per heavy atom. The van der Waals surface area contributed by atoms with E-state index in [1.807, 2.05) is 36.4 Å². The third-order valence-corrected chi connectivity index (χ3v) is 4.77. The van der Waals surface area contributed by atoms with Crippen LogP contribution in [0.5, 0.6) is 0 Å². The summed E-state index contributed by atoms with van der Waals surface area (Å²) in [4.78, 5) is 11.4. The average Bonchev–Trinajstić information content (AvgIpc) is 2.53. The number of hydrogen-bond donors (Lipinski definition) is 1. The molecule has 0 saturated heterocycles. The molecule has 0 saturated carbocycles. The molecule has 0 radical (unpaired) electrons. The van der Waals surface area contributed by atoms with Gasteiger partial charge in [0, 0.05) is 5.02 Å². The summed E-state index contributed by atoms with van der Waals surface area (Å²) >= 11 is 11.8. The van der Waals surface area contributed by atoms with E-state index in [1.54, 1.807) is 12.1 Å². The summed E-state index contributed by atoms with van der Waals surface area (Å²) in [6.07, 6.45) is 0. The van der Waals surface area contributed by atoms with Gasteiger partial charge in [0.15, 0.2) is 0 Å². The number of carboxylic acid groups (broad SMARTS) is 1. The summed E-state index contributed by atoms with van der Waals surface area (Å²) in [5, 5.41) is 9.23. The van der Waals surface area contributed by atoms with Gasteiger partial charge in [-0.15, -0.1) is 0 Å². The summed E-state index contributed by atoms with van der Waals surface area (Å²) in [6, 6.07) is 14.8. The van der Waals surface area contributed by atoms with Crippen molar-refractivity contribution in [3.8, 4) is 11.1 Å². The van der Waals surface area contributed by atoms with Crippen LogP contribution in [0.3, 0.4) is 0 Å². The zero-order valence-corrected chi connectivity index (χ0v) is 14.0. The lowest BCUT2D eigenvalue weighted by Crippen LogP contribution is -2.10. The van der Waals surface area contributed by atoms with Gasteiger partial charge >= 0.3 is 5.97 Å². The van der Waals surface area contributed by atoms with Crippen molar-refractivity contribution in [2.75, 3.05) is 7.11 Å². The molecular formula is C16H13ClO3S2. The molecule has 0 aromatic heterocycles. The van der Waals surface area contributed by atoms with Crippen LogP contribution in [0.2, 0.25) is 5.02 Å². The number of aliphatic carboxylic acids is 1. The van der Waals surface area contributed by atoms with Crippen LogP contribution >= 0.6 is 35.6 Å². The first-order valence-corrected chi connectivity index (χ1v) is 8.01. The van der Waals surface area contributed by atoms with E-state index in [-0.39, 0.29) is 4.38 Å². The maximum atomic E-state index is 11.4. The number of rotatable bonds is 4. The molecule has 2 aromatic rings. The molecule has 0 fully saturated rings. The number of carboxylic acids is 1. The Balaban J connectivity index is 2.24. The fourth-order valence-corrected chi connectivity index (χ4v) is 3.00. The molecule has 0 bridgehead atoms. The molecule has 3 nitrogen and oxygen atoms in total. The number of thiocarbonyl (C=S) groups is 1. The van der Waals surface area contributed by atoms with Crippen LogP contribution in [-0.2, 0) is 9.53 Å². The zero-order valence-electron chi connectivity index (χ0n) is 11.7. The first-order valence-electron chi connectivity index (χ1n) is 6.34. The van der Waals surface area contributed by atoms with E-state index >= 15 is 0 Å². The summed E-state index contributed by atoms with van der Waals surface area (Å²) in [6.45, 7) is 0. The summed E-state index contributed by atoms with van der Waals surface area (Å²) in [5.74, 6) is -0.955. The van der Waals surface area contributed by atoms with Gasteiger partial charge in [0.2, 0.25) is 4.38 Å². The molecule has 0 aliphatic rings. The van der Waals surface area contributed by atoms with E-state index in [9.17, 15) is 9.90 Å². The minimum Gasteiger partial charge on any atom is -0.482 e. The Hall–Kier alpha value is -1.56. The van der Waals surface area contributed by atoms with Gasteiger partial charge in [0.05, 0.1) is 7.11 Å². The quantitative estimate of drug-likeness (QED) is 0.801. The molecule has 1 unspecified atom stereocenters. The van der Waals surface area contributed by atoms with Crippen molar-refractivity contribution in [3.05, 3.63) is 59.1 Å². The van der Waals surface area contributed by atoms with E-state index < -0.39 is 11.2 Å². The van der Waals surface area contributed by atoms with E-state index in [0.29, 0.717) is 10.6 Å². The number of thioether (sulfide) groups is 1. The summed E-state index contributed by atoms with van der Waals surface area (Å²) in [7, 11) is 1.43. The SMILES string of the molecule is COC(=S)SC(C(=O)O)c1ccc(-c2ccc(Cl)cc2)cc1. The number of halogens is 1. The Bertz CT molecular complexity index is 669. The molecule has 0 aliphatic heterocycles. The van der Waals surface area contributed by atoms with Crippen molar-refractivity contribution in [2.45, 2.75) is 5.25 Å². The van der Waals surface area contributed by atoms with E-state index in [0.717, 1.165) is 22.9 Å². The van der Waals surface area contributed by atoms with E-state index in [2.05, 4.69) is 0 Å². The highest BCUT2D eigenvalue weighted by Crippen LogP contribution is 2.32. The van der Waals surface area contributed by atoms with Crippen LogP contribution in [0.4, 0.5) is 0 Å². The highest BCUT2D eigenvalue weighted by Gasteiger charge is 2.22. The van der Waals surface area contributed by atoms with Gasteiger partial charge in [-0.1, -0.05) is 59.8 Å². The Kier molecular flexibility index (Phi) is 5.83. The fraction of sp³-hybridized carbons (Fsp3) is 0.125. The van der Waals surface area contributed by atoms with Gasteiger partial charge in [-0.25, -0.2) is 0 Å². The van der Waals surface area contributed by atoms with E-state index in [4.69, 9.17) is 28.6 Å². The molecule has 0 spiro atoms. The van der Waals surface area contributed by atoms with Gasteiger partial charge in [0.1, 0.15) is 5.25 Å². The lowest BCUT2D eigenvalue weighted by atomic mass is 10.0. The van der Waals surface area contributed by atoms with Crippen molar-refractivity contribution in [3.63, 3.8) is 0 Å². The van der Waals surface area contributed by atoms with Gasteiger partial charge in [-0.3, -0.25) is 4.79 Å². The minimum atomic E-state index is -0.955. The molecule has 0 heterocycles. The molecule has 22 heavy (non-hydrogen) atoms. The molecular weight excluding hydrogens is 340 g/mol. The second-order valence-electron chi connectivity index (χ2n) is 4.42. The molecule has 1 atom stereocenters. The van der Waals surface area contributed by atoms with Crippen LogP contribution < -0.4 is 0 Å². The molecule has 2 rings (SSSR count). The molecule has 0 aliphatic carbocycles. The van der Waals surface area contributed by atoms with Gasteiger partial charge < -0.3 is 9.84 Å². The van der Waals surface area contributed by atoms with Crippen LogP contribution in [0.15, 0.2) is 48.5 Å². The summed E-state index contributed by atoms with van der Waals surface area (Å²) < 4.78 is 5.08. The number of carbonyl (C=O) groups is 1. The van der Waals surface area contributed by atoms with Gasteiger partial charge in [0.25, 0.3) is 0 Å².